The normalized spacial score (nSPS) is 12.1. The first-order valence-corrected chi connectivity index (χ1v) is 13.4. The minimum Gasteiger partial charge on any atom is -0.495 e. The third-order valence-electron chi connectivity index (χ3n) is 5.70. The Morgan fingerprint density at radius 2 is 1.62 bits per heavy atom. The van der Waals surface area contributed by atoms with Crippen LogP contribution in [-0.4, -0.2) is 40.1 Å². The van der Waals surface area contributed by atoms with Crippen molar-refractivity contribution in [3.05, 3.63) is 89.5 Å². The molecule has 0 aliphatic heterocycles. The maximum Gasteiger partial charge on any atom is 0.338 e. The van der Waals surface area contributed by atoms with Crippen LogP contribution >= 0.6 is 0 Å². The summed E-state index contributed by atoms with van der Waals surface area (Å²) in [7, 11) is -2.74. The Morgan fingerprint density at radius 3 is 2.22 bits per heavy atom. The lowest BCUT2D eigenvalue weighted by atomic mass is 10.0. The van der Waals surface area contributed by atoms with Crippen LogP contribution in [-0.2, 0) is 26.0 Å². The van der Waals surface area contributed by atoms with E-state index in [-0.39, 0.29) is 29.6 Å². The minimum atomic E-state index is -4.14. The minimum absolute atomic E-state index is 0.0362. The molecule has 0 radical (unpaired) electrons. The molecule has 3 aromatic carbocycles. The van der Waals surface area contributed by atoms with Crippen molar-refractivity contribution in [2.24, 2.45) is 0 Å². The van der Waals surface area contributed by atoms with Crippen LogP contribution in [0.15, 0.2) is 77.7 Å². The van der Waals surface area contributed by atoms with Crippen molar-refractivity contribution in [1.29, 1.82) is 0 Å². The number of hydrogen-bond donors (Lipinski definition) is 2. The van der Waals surface area contributed by atoms with Crippen LogP contribution in [0.25, 0.3) is 0 Å². The van der Waals surface area contributed by atoms with Gasteiger partial charge in [-0.1, -0.05) is 50.2 Å². The van der Waals surface area contributed by atoms with Crippen molar-refractivity contribution in [2.45, 2.75) is 44.0 Å². The lowest BCUT2D eigenvalue weighted by molar-refractivity contribution is -0.117. The maximum absolute atomic E-state index is 13.5. The van der Waals surface area contributed by atoms with Gasteiger partial charge in [0.05, 0.1) is 19.3 Å². The summed E-state index contributed by atoms with van der Waals surface area (Å²) in [6, 6.07) is 19.2. The number of anilines is 1. The summed E-state index contributed by atoms with van der Waals surface area (Å²) in [6.07, 6.45) is 0.124. The van der Waals surface area contributed by atoms with Crippen LogP contribution < -0.4 is 14.8 Å². The van der Waals surface area contributed by atoms with Gasteiger partial charge in [-0.25, -0.2) is 13.2 Å². The van der Waals surface area contributed by atoms with Gasteiger partial charge >= 0.3 is 5.97 Å². The van der Waals surface area contributed by atoms with Crippen molar-refractivity contribution >= 4 is 27.6 Å². The van der Waals surface area contributed by atoms with Crippen molar-refractivity contribution < 1.29 is 27.5 Å². The number of carbonyl (C=O) groups excluding carboxylic acids is 2. The van der Waals surface area contributed by atoms with Crippen LogP contribution in [0.1, 0.15) is 48.2 Å². The second kappa shape index (κ2) is 12.5. The van der Waals surface area contributed by atoms with Gasteiger partial charge < -0.3 is 14.8 Å². The summed E-state index contributed by atoms with van der Waals surface area (Å²) >= 11 is 0. The fourth-order valence-electron chi connectivity index (χ4n) is 3.68. The number of amides is 1. The average molecular weight is 525 g/mol. The first-order valence-electron chi connectivity index (χ1n) is 12.0. The second-order valence-corrected chi connectivity index (χ2v) is 10.4. The number of methoxy groups -OCH3 is 1. The zero-order chi connectivity index (χ0) is 27.0. The van der Waals surface area contributed by atoms with Gasteiger partial charge in [0.2, 0.25) is 15.9 Å². The number of hydrogen-bond acceptors (Lipinski definition) is 6. The monoisotopic (exact) mass is 524 g/mol. The van der Waals surface area contributed by atoms with Crippen LogP contribution in [0.4, 0.5) is 5.69 Å². The van der Waals surface area contributed by atoms with E-state index in [0.717, 1.165) is 11.1 Å². The highest BCUT2D eigenvalue weighted by Gasteiger charge is 2.29. The van der Waals surface area contributed by atoms with Crippen molar-refractivity contribution in [2.75, 3.05) is 19.0 Å². The van der Waals surface area contributed by atoms with Gasteiger partial charge in [0.25, 0.3) is 0 Å². The molecule has 0 heterocycles. The van der Waals surface area contributed by atoms with E-state index in [4.69, 9.17) is 9.47 Å². The first-order chi connectivity index (χ1) is 17.6. The van der Waals surface area contributed by atoms with Crippen molar-refractivity contribution in [1.82, 2.24) is 4.72 Å². The van der Waals surface area contributed by atoms with Crippen LogP contribution in [0.2, 0.25) is 0 Å². The lowest BCUT2D eigenvalue weighted by Gasteiger charge is -2.20. The van der Waals surface area contributed by atoms with Gasteiger partial charge in [0.15, 0.2) is 0 Å². The number of carbonyl (C=O) groups is 2. The molecule has 0 spiro atoms. The number of nitrogens with one attached hydrogen (secondary N) is 2. The highest BCUT2D eigenvalue weighted by Crippen LogP contribution is 2.28. The summed E-state index contributed by atoms with van der Waals surface area (Å²) in [6.45, 7) is 5.90. The standard InChI is InChI=1S/C28H32N2O6S/c1-5-36-28(32)21-11-14-23(15-12-21)29-27(31)24(17-20-9-7-6-8-10-20)30-37(33,34)26-18-22(19(2)3)13-16-25(26)35-4/h6-16,18-19,24,30H,5,17H2,1-4H3,(H,29,31). The third kappa shape index (κ3) is 7.41. The van der Waals surface area contributed by atoms with Crippen LogP contribution in [0, 0.1) is 0 Å². The number of rotatable bonds is 11. The Bertz CT molecular complexity index is 1320. The molecule has 1 atom stereocenters. The third-order valence-corrected chi connectivity index (χ3v) is 7.20. The summed E-state index contributed by atoms with van der Waals surface area (Å²) in [5.41, 5.74) is 2.37. The SMILES string of the molecule is CCOC(=O)c1ccc(NC(=O)C(Cc2ccccc2)NS(=O)(=O)c2cc(C(C)C)ccc2OC)cc1. The number of sulfonamides is 1. The smallest absolute Gasteiger partial charge is 0.338 e. The highest BCUT2D eigenvalue weighted by molar-refractivity contribution is 7.89. The van der Waals surface area contributed by atoms with E-state index in [2.05, 4.69) is 10.0 Å². The first kappa shape index (κ1) is 27.9. The Morgan fingerprint density at radius 1 is 0.946 bits per heavy atom. The molecular formula is C28H32N2O6S. The summed E-state index contributed by atoms with van der Waals surface area (Å²) in [4.78, 5) is 25.2. The quantitative estimate of drug-likeness (QED) is 0.357. The molecule has 0 aliphatic carbocycles. The van der Waals surface area contributed by atoms with E-state index in [1.165, 1.54) is 19.2 Å². The molecule has 8 nitrogen and oxygen atoms in total. The van der Waals surface area contributed by atoms with E-state index in [9.17, 15) is 18.0 Å². The van der Waals surface area contributed by atoms with Crippen LogP contribution in [0.5, 0.6) is 5.75 Å². The Kier molecular flexibility index (Phi) is 9.43. The number of benzene rings is 3. The molecule has 0 aliphatic rings. The predicted octanol–water partition coefficient (Wildman–Crippen LogP) is 4.52. The zero-order valence-corrected chi connectivity index (χ0v) is 22.2. The molecule has 0 aromatic heterocycles. The second-order valence-electron chi connectivity index (χ2n) is 8.72. The van der Waals surface area contributed by atoms with E-state index in [1.54, 1.807) is 31.2 Å². The number of ether oxygens (including phenoxy) is 2. The molecule has 9 heteroatoms. The lowest BCUT2D eigenvalue weighted by Crippen LogP contribution is -2.45. The Balaban J connectivity index is 1.89. The zero-order valence-electron chi connectivity index (χ0n) is 21.4. The summed E-state index contributed by atoms with van der Waals surface area (Å²) in [5, 5.41) is 2.74. The van der Waals surface area contributed by atoms with Gasteiger partial charge in [-0.05, 0) is 66.8 Å². The molecule has 1 amide bonds. The van der Waals surface area contributed by atoms with Gasteiger partial charge in [-0.3, -0.25) is 4.79 Å². The average Bonchev–Trinajstić information content (AvgIpc) is 2.89. The molecule has 2 N–H and O–H groups in total. The highest BCUT2D eigenvalue weighted by atomic mass is 32.2. The topological polar surface area (TPSA) is 111 Å². The predicted molar refractivity (Wildman–Crippen MR) is 142 cm³/mol. The van der Waals surface area contributed by atoms with Gasteiger partial charge in [0, 0.05) is 5.69 Å². The molecular weight excluding hydrogens is 492 g/mol. The molecule has 3 aromatic rings. The molecule has 1 unspecified atom stereocenters. The summed E-state index contributed by atoms with van der Waals surface area (Å²) in [5.74, 6) is -0.728. The van der Waals surface area contributed by atoms with Gasteiger partial charge in [-0.15, -0.1) is 0 Å². The molecule has 37 heavy (non-hydrogen) atoms. The Hall–Kier alpha value is -3.69. The fourth-order valence-corrected chi connectivity index (χ4v) is 5.08. The molecule has 0 fully saturated rings. The largest absolute Gasteiger partial charge is 0.495 e. The molecule has 0 saturated heterocycles. The summed E-state index contributed by atoms with van der Waals surface area (Å²) < 4.78 is 39.9. The van der Waals surface area contributed by atoms with Gasteiger partial charge in [0.1, 0.15) is 16.7 Å². The van der Waals surface area contributed by atoms with Crippen molar-refractivity contribution in [3.63, 3.8) is 0 Å². The Labute approximate surface area is 218 Å². The van der Waals surface area contributed by atoms with E-state index >= 15 is 0 Å². The van der Waals surface area contributed by atoms with Gasteiger partial charge in [-0.2, -0.15) is 4.72 Å². The molecule has 3 rings (SSSR count). The van der Waals surface area contributed by atoms with E-state index in [1.807, 2.05) is 50.2 Å². The molecule has 0 saturated carbocycles. The fraction of sp³-hybridized carbons (Fsp3) is 0.286. The molecule has 196 valence electrons. The maximum atomic E-state index is 13.5. The van der Waals surface area contributed by atoms with Crippen molar-refractivity contribution in [3.8, 4) is 5.75 Å². The van der Waals surface area contributed by atoms with E-state index in [0.29, 0.717) is 11.3 Å². The van der Waals surface area contributed by atoms with E-state index < -0.39 is 27.9 Å². The van der Waals surface area contributed by atoms with Crippen LogP contribution in [0.3, 0.4) is 0 Å². The number of esters is 1. The molecule has 0 bridgehead atoms.